The van der Waals surface area contributed by atoms with Crippen molar-refractivity contribution in [3.63, 3.8) is 0 Å². The molecule has 1 aromatic heterocycles. The van der Waals surface area contributed by atoms with Crippen molar-refractivity contribution in [2.75, 3.05) is 20.3 Å². The molecule has 1 aromatic carbocycles. The maximum Gasteiger partial charge on any atom is 0.309 e. The summed E-state index contributed by atoms with van der Waals surface area (Å²) in [6.07, 6.45) is 0.000637. The van der Waals surface area contributed by atoms with Crippen LogP contribution < -0.4 is 14.8 Å². The molecule has 0 unspecified atom stereocenters. The number of benzene rings is 1. The largest absolute Gasteiger partial charge is 0.497 e. The lowest BCUT2D eigenvalue weighted by atomic mass is 10.3. The molecule has 0 spiro atoms. The van der Waals surface area contributed by atoms with Crippen LogP contribution in [0.4, 0.5) is 0 Å². The summed E-state index contributed by atoms with van der Waals surface area (Å²) in [5.74, 6) is 0.334. The van der Waals surface area contributed by atoms with E-state index in [9.17, 15) is 9.59 Å². The molecule has 0 saturated carbocycles. The average molecular weight is 350 g/mol. The smallest absolute Gasteiger partial charge is 0.309 e. The second-order valence-corrected chi connectivity index (χ2v) is 5.80. The Labute approximate surface area is 143 Å². The Morgan fingerprint density at radius 2 is 1.92 bits per heavy atom. The van der Waals surface area contributed by atoms with Crippen LogP contribution in [-0.4, -0.2) is 42.2 Å². The van der Waals surface area contributed by atoms with E-state index in [0.29, 0.717) is 29.6 Å². The summed E-state index contributed by atoms with van der Waals surface area (Å²) >= 11 is 1.28. The van der Waals surface area contributed by atoms with Gasteiger partial charge in [-0.3, -0.25) is 9.59 Å². The van der Waals surface area contributed by atoms with Gasteiger partial charge in [-0.15, -0.1) is 11.3 Å². The summed E-state index contributed by atoms with van der Waals surface area (Å²) in [5.41, 5.74) is 0.470. The van der Waals surface area contributed by atoms with Gasteiger partial charge < -0.3 is 19.9 Å². The molecular formula is C16H18N2O5S. The van der Waals surface area contributed by atoms with Crippen LogP contribution in [0.25, 0.3) is 0 Å². The number of thiazole rings is 1. The number of ether oxygens (including phenoxy) is 2. The average Bonchev–Trinajstić information content (AvgIpc) is 2.98. The zero-order valence-corrected chi connectivity index (χ0v) is 14.0. The predicted molar refractivity (Wildman–Crippen MR) is 88.7 cm³/mol. The number of amides is 1. The van der Waals surface area contributed by atoms with Crippen molar-refractivity contribution in [3.05, 3.63) is 40.3 Å². The fourth-order valence-electron chi connectivity index (χ4n) is 1.90. The molecule has 0 bridgehead atoms. The number of methoxy groups -OCH3 is 1. The molecule has 24 heavy (non-hydrogen) atoms. The van der Waals surface area contributed by atoms with Gasteiger partial charge in [0.15, 0.2) is 0 Å². The molecule has 0 aliphatic rings. The minimum atomic E-state index is -0.938. The first-order valence-corrected chi connectivity index (χ1v) is 8.13. The molecule has 8 heteroatoms. The highest BCUT2D eigenvalue weighted by atomic mass is 32.1. The monoisotopic (exact) mass is 350 g/mol. The second-order valence-electron chi connectivity index (χ2n) is 4.85. The number of carboxylic acids is 1. The number of carbonyl (C=O) groups excluding carboxylic acids is 1. The maximum atomic E-state index is 11.8. The van der Waals surface area contributed by atoms with Gasteiger partial charge in [0.25, 0.3) is 0 Å². The number of nitrogens with one attached hydrogen (secondary N) is 1. The first kappa shape index (κ1) is 17.7. The van der Waals surface area contributed by atoms with Gasteiger partial charge in [-0.05, 0) is 24.3 Å². The fourth-order valence-corrected chi connectivity index (χ4v) is 2.69. The molecule has 128 valence electrons. The minimum absolute atomic E-state index is 0.131. The standard InChI is InChI=1S/C16H18N2O5S/c1-22-12-2-4-13(5-3-12)23-7-6-17-14(19)9-15-18-11(10-24-15)8-16(20)21/h2-5,10H,6-9H2,1H3,(H,17,19)(H,20,21). The van der Waals surface area contributed by atoms with E-state index in [1.807, 2.05) is 0 Å². The topological polar surface area (TPSA) is 97.8 Å². The van der Waals surface area contributed by atoms with Crippen molar-refractivity contribution in [2.45, 2.75) is 12.8 Å². The molecule has 0 fully saturated rings. The van der Waals surface area contributed by atoms with Gasteiger partial charge in [-0.25, -0.2) is 4.98 Å². The molecule has 2 N–H and O–H groups in total. The second kappa shape index (κ2) is 8.88. The highest BCUT2D eigenvalue weighted by molar-refractivity contribution is 7.09. The zero-order valence-electron chi connectivity index (χ0n) is 13.2. The third-order valence-corrected chi connectivity index (χ3v) is 3.89. The fraction of sp³-hybridized carbons (Fsp3) is 0.312. The third-order valence-electron chi connectivity index (χ3n) is 3.00. The Balaban J connectivity index is 1.67. The molecule has 1 amide bonds. The third kappa shape index (κ3) is 5.88. The molecule has 2 aromatic rings. The van der Waals surface area contributed by atoms with E-state index < -0.39 is 5.97 Å². The number of carboxylic acid groups (broad SMARTS) is 1. The van der Waals surface area contributed by atoms with Crippen LogP contribution in [-0.2, 0) is 22.4 Å². The summed E-state index contributed by atoms with van der Waals surface area (Å²) in [5, 5.41) is 13.7. The summed E-state index contributed by atoms with van der Waals surface area (Å²) in [6.45, 7) is 0.721. The van der Waals surface area contributed by atoms with Gasteiger partial charge in [0.2, 0.25) is 5.91 Å². The van der Waals surface area contributed by atoms with Crippen molar-refractivity contribution in [3.8, 4) is 11.5 Å². The van der Waals surface area contributed by atoms with Crippen LogP contribution in [0.3, 0.4) is 0 Å². The Bertz CT molecular complexity index is 684. The van der Waals surface area contributed by atoms with E-state index >= 15 is 0 Å². The molecule has 0 atom stereocenters. The molecule has 7 nitrogen and oxygen atoms in total. The molecule has 0 radical (unpaired) electrons. The van der Waals surface area contributed by atoms with Gasteiger partial charge >= 0.3 is 5.97 Å². The van der Waals surface area contributed by atoms with Gasteiger partial charge in [0.1, 0.15) is 23.1 Å². The molecular weight excluding hydrogens is 332 g/mol. The summed E-state index contributed by atoms with van der Waals surface area (Å²) in [6, 6.07) is 7.18. The maximum absolute atomic E-state index is 11.8. The minimum Gasteiger partial charge on any atom is -0.497 e. The molecule has 1 heterocycles. The number of nitrogens with zero attached hydrogens (tertiary/aromatic N) is 1. The molecule has 2 rings (SSSR count). The number of carbonyl (C=O) groups is 2. The highest BCUT2D eigenvalue weighted by Gasteiger charge is 2.09. The molecule has 0 aliphatic carbocycles. The van der Waals surface area contributed by atoms with Crippen molar-refractivity contribution < 1.29 is 24.2 Å². The first-order chi connectivity index (χ1) is 11.6. The van der Waals surface area contributed by atoms with Crippen LogP contribution in [0.15, 0.2) is 29.6 Å². The van der Waals surface area contributed by atoms with E-state index in [0.717, 1.165) is 5.75 Å². The van der Waals surface area contributed by atoms with Crippen LogP contribution in [0.2, 0.25) is 0 Å². The van der Waals surface area contributed by atoms with Crippen molar-refractivity contribution in [1.29, 1.82) is 0 Å². The summed E-state index contributed by atoms with van der Waals surface area (Å²) < 4.78 is 10.6. The lowest BCUT2D eigenvalue weighted by Gasteiger charge is -2.08. The van der Waals surface area contributed by atoms with Crippen LogP contribution in [0.1, 0.15) is 10.7 Å². The zero-order chi connectivity index (χ0) is 17.4. The van der Waals surface area contributed by atoms with Gasteiger partial charge in [-0.2, -0.15) is 0 Å². The normalized spacial score (nSPS) is 10.2. The number of hydrogen-bond acceptors (Lipinski definition) is 6. The highest BCUT2D eigenvalue weighted by Crippen LogP contribution is 2.16. The number of rotatable bonds is 9. The molecule has 0 aliphatic heterocycles. The molecule has 0 saturated heterocycles. The first-order valence-electron chi connectivity index (χ1n) is 7.25. The van der Waals surface area contributed by atoms with Crippen LogP contribution in [0, 0.1) is 0 Å². The van der Waals surface area contributed by atoms with E-state index in [2.05, 4.69) is 10.3 Å². The Morgan fingerprint density at radius 1 is 1.21 bits per heavy atom. The number of hydrogen-bond donors (Lipinski definition) is 2. The van der Waals surface area contributed by atoms with Crippen molar-refractivity contribution >= 4 is 23.2 Å². The van der Waals surface area contributed by atoms with E-state index in [1.165, 1.54) is 11.3 Å². The SMILES string of the molecule is COc1ccc(OCCNC(=O)Cc2nc(CC(=O)O)cs2)cc1. The predicted octanol–water partition coefficient (Wildman–Crippen LogP) is 1.52. The lowest BCUT2D eigenvalue weighted by molar-refractivity contribution is -0.136. The lowest BCUT2D eigenvalue weighted by Crippen LogP contribution is -2.29. The van der Waals surface area contributed by atoms with Crippen molar-refractivity contribution in [1.82, 2.24) is 10.3 Å². The van der Waals surface area contributed by atoms with Crippen molar-refractivity contribution in [2.24, 2.45) is 0 Å². The van der Waals surface area contributed by atoms with Gasteiger partial charge in [0, 0.05) is 5.38 Å². The summed E-state index contributed by atoms with van der Waals surface area (Å²) in [4.78, 5) is 26.5. The van der Waals surface area contributed by atoms with E-state index in [4.69, 9.17) is 14.6 Å². The Hall–Kier alpha value is -2.61. The number of aliphatic carboxylic acids is 1. The quantitative estimate of drug-likeness (QED) is 0.666. The Kier molecular flexibility index (Phi) is 6.56. The van der Waals surface area contributed by atoms with Gasteiger partial charge in [-0.1, -0.05) is 0 Å². The number of aromatic nitrogens is 1. The van der Waals surface area contributed by atoms with E-state index in [-0.39, 0.29) is 18.7 Å². The van der Waals surface area contributed by atoms with E-state index in [1.54, 1.807) is 36.8 Å². The van der Waals surface area contributed by atoms with Gasteiger partial charge in [0.05, 0.1) is 32.2 Å². The Morgan fingerprint density at radius 3 is 2.58 bits per heavy atom. The van der Waals surface area contributed by atoms with Crippen LogP contribution >= 0.6 is 11.3 Å². The summed E-state index contributed by atoms with van der Waals surface area (Å²) in [7, 11) is 1.60. The van der Waals surface area contributed by atoms with Crippen LogP contribution in [0.5, 0.6) is 11.5 Å².